The molecule has 0 aromatic heterocycles. The zero-order chi connectivity index (χ0) is 27.5. The minimum Gasteiger partial charge on any atom is -0.444 e. The first-order valence-electron chi connectivity index (χ1n) is 13.4. The largest absolute Gasteiger partial charge is 0.444 e. The summed E-state index contributed by atoms with van der Waals surface area (Å²) in [6.45, 7) is 7.04. The van der Waals surface area contributed by atoms with Crippen molar-refractivity contribution in [1.82, 2.24) is 15.2 Å². The van der Waals surface area contributed by atoms with Gasteiger partial charge < -0.3 is 25.1 Å². The molecule has 1 aromatic rings. The molecule has 0 radical (unpaired) electrons. The van der Waals surface area contributed by atoms with E-state index >= 15 is 0 Å². The quantitative estimate of drug-likeness (QED) is 0.287. The number of carbonyl (C=O) groups is 2. The summed E-state index contributed by atoms with van der Waals surface area (Å²) in [4.78, 5) is 30.7. The SMILES string of the molecule is CN1N=CC(C=O)CC1/N=C(\C=C\NC1CCCCCN(C(=O)OC(C)(C)C)CC1)Nc1cccc(Cl)c1. The number of anilines is 1. The zero-order valence-corrected chi connectivity index (χ0v) is 23.7. The van der Waals surface area contributed by atoms with Gasteiger partial charge in [-0.05, 0) is 64.3 Å². The average molecular weight is 545 g/mol. The standard InChI is InChI=1S/C28H41ClN6O3/c1-28(2,3)38-27(37)35-15-7-5-6-10-23(13-16-35)30-14-12-25(32-24-11-8-9-22(29)18-24)33-26-17-21(20-36)19-31-34(26)4/h8-9,11-12,14,18-21,23,26,30H,5-7,10,13,15-17H2,1-4H3,(H,32,33)/b14-12+. The number of aliphatic imine (C=N–C) groups is 1. The van der Waals surface area contributed by atoms with E-state index in [-0.39, 0.29) is 24.2 Å². The van der Waals surface area contributed by atoms with E-state index in [1.54, 1.807) is 11.2 Å². The van der Waals surface area contributed by atoms with Crippen LogP contribution >= 0.6 is 11.6 Å². The van der Waals surface area contributed by atoms with Crippen molar-refractivity contribution in [2.45, 2.75) is 77.1 Å². The van der Waals surface area contributed by atoms with E-state index in [0.717, 1.165) is 50.6 Å². The maximum absolute atomic E-state index is 12.7. The molecule has 1 fully saturated rings. The highest BCUT2D eigenvalue weighted by Gasteiger charge is 2.24. The van der Waals surface area contributed by atoms with Gasteiger partial charge in [0, 0.05) is 55.7 Å². The number of halogens is 1. The Labute approximate surface area is 231 Å². The molecule has 2 heterocycles. The fourth-order valence-electron chi connectivity index (χ4n) is 4.32. The third-order valence-corrected chi connectivity index (χ3v) is 6.60. The Morgan fingerprint density at radius 2 is 2.03 bits per heavy atom. The van der Waals surface area contributed by atoms with Crippen LogP contribution in [0.2, 0.25) is 5.02 Å². The number of nitrogens with zero attached hydrogens (tertiary/aromatic N) is 4. The van der Waals surface area contributed by atoms with Gasteiger partial charge in [0.2, 0.25) is 0 Å². The molecule has 2 aliphatic rings. The number of hydrogen-bond acceptors (Lipinski definition) is 7. The summed E-state index contributed by atoms with van der Waals surface area (Å²) in [5.41, 5.74) is 0.302. The van der Waals surface area contributed by atoms with Gasteiger partial charge in [-0.2, -0.15) is 5.10 Å². The van der Waals surface area contributed by atoms with E-state index in [0.29, 0.717) is 23.8 Å². The molecule has 3 unspecified atom stereocenters. The summed E-state index contributed by atoms with van der Waals surface area (Å²) in [5, 5.41) is 13.5. The Morgan fingerprint density at radius 1 is 1.21 bits per heavy atom. The summed E-state index contributed by atoms with van der Waals surface area (Å²) < 4.78 is 5.61. The van der Waals surface area contributed by atoms with Crippen molar-refractivity contribution in [3.8, 4) is 0 Å². The molecule has 0 bridgehead atoms. The number of carbonyl (C=O) groups excluding carboxylic acids is 2. The number of benzene rings is 1. The lowest BCUT2D eigenvalue weighted by molar-refractivity contribution is -0.110. The van der Waals surface area contributed by atoms with Crippen LogP contribution in [0.25, 0.3) is 0 Å². The zero-order valence-electron chi connectivity index (χ0n) is 22.9. The number of ether oxygens (including phenoxy) is 1. The normalized spacial score (nSPS) is 23.4. The molecular formula is C28H41ClN6O3. The Hall–Kier alpha value is -3.07. The highest BCUT2D eigenvalue weighted by atomic mass is 35.5. The smallest absolute Gasteiger partial charge is 0.410 e. The Morgan fingerprint density at radius 3 is 2.76 bits per heavy atom. The number of amidine groups is 1. The molecule has 3 atom stereocenters. The van der Waals surface area contributed by atoms with Crippen molar-refractivity contribution in [2.75, 3.05) is 25.5 Å². The molecule has 0 spiro atoms. The highest BCUT2D eigenvalue weighted by molar-refractivity contribution is 6.31. The van der Waals surface area contributed by atoms with Crippen LogP contribution in [0.3, 0.4) is 0 Å². The summed E-state index contributed by atoms with van der Waals surface area (Å²) in [6.07, 6.45) is 11.3. The molecule has 1 saturated heterocycles. The molecule has 2 N–H and O–H groups in total. The van der Waals surface area contributed by atoms with Crippen molar-refractivity contribution in [1.29, 1.82) is 0 Å². The Kier molecular flexibility index (Phi) is 11.0. The maximum atomic E-state index is 12.7. The number of rotatable bonds is 6. The van der Waals surface area contributed by atoms with Gasteiger partial charge in [0.05, 0.1) is 5.92 Å². The van der Waals surface area contributed by atoms with Crippen LogP contribution in [0, 0.1) is 5.92 Å². The van der Waals surface area contributed by atoms with Crippen LogP contribution in [0.1, 0.15) is 59.3 Å². The average Bonchev–Trinajstić information content (AvgIpc) is 2.97. The van der Waals surface area contributed by atoms with Gasteiger partial charge in [-0.15, -0.1) is 0 Å². The number of hydrazone groups is 1. The van der Waals surface area contributed by atoms with Crippen molar-refractivity contribution >= 4 is 41.7 Å². The van der Waals surface area contributed by atoms with E-state index in [1.807, 2.05) is 69.3 Å². The van der Waals surface area contributed by atoms with Gasteiger partial charge in [-0.3, -0.25) is 5.01 Å². The first kappa shape index (κ1) is 29.5. The van der Waals surface area contributed by atoms with Gasteiger partial charge in [-0.1, -0.05) is 30.5 Å². The lowest BCUT2D eigenvalue weighted by atomic mass is 10.1. The van der Waals surface area contributed by atoms with E-state index in [2.05, 4.69) is 15.7 Å². The van der Waals surface area contributed by atoms with Crippen LogP contribution in [0.15, 0.2) is 46.6 Å². The van der Waals surface area contributed by atoms with Crippen LogP contribution in [-0.4, -0.2) is 72.3 Å². The summed E-state index contributed by atoms with van der Waals surface area (Å²) in [7, 11) is 1.85. The molecular weight excluding hydrogens is 504 g/mol. The fourth-order valence-corrected chi connectivity index (χ4v) is 4.51. The van der Waals surface area contributed by atoms with Crippen LogP contribution in [-0.2, 0) is 9.53 Å². The van der Waals surface area contributed by atoms with E-state index in [4.69, 9.17) is 21.3 Å². The van der Waals surface area contributed by atoms with Gasteiger partial charge >= 0.3 is 6.09 Å². The number of nitrogens with one attached hydrogen (secondary N) is 2. The molecule has 208 valence electrons. The predicted molar refractivity (Wildman–Crippen MR) is 154 cm³/mol. The van der Waals surface area contributed by atoms with Gasteiger partial charge in [0.25, 0.3) is 0 Å². The van der Waals surface area contributed by atoms with E-state index in [9.17, 15) is 9.59 Å². The molecule has 1 aromatic carbocycles. The molecule has 10 heteroatoms. The molecule has 0 aliphatic carbocycles. The third-order valence-electron chi connectivity index (χ3n) is 6.37. The predicted octanol–water partition coefficient (Wildman–Crippen LogP) is 5.29. The fraction of sp³-hybridized carbons (Fsp3) is 0.571. The second kappa shape index (κ2) is 14.2. The minimum absolute atomic E-state index is 0.211. The maximum Gasteiger partial charge on any atom is 0.410 e. The van der Waals surface area contributed by atoms with Crippen molar-refractivity contribution in [3.05, 3.63) is 41.6 Å². The lowest BCUT2D eigenvalue weighted by Gasteiger charge is -2.28. The van der Waals surface area contributed by atoms with Crippen LogP contribution < -0.4 is 10.6 Å². The first-order valence-corrected chi connectivity index (χ1v) is 13.7. The lowest BCUT2D eigenvalue weighted by Crippen LogP contribution is -2.39. The summed E-state index contributed by atoms with van der Waals surface area (Å²) in [5.74, 6) is 0.359. The first-order chi connectivity index (χ1) is 18.1. The third kappa shape index (κ3) is 10.0. The molecule has 2 aliphatic heterocycles. The number of hydrogen-bond donors (Lipinski definition) is 2. The molecule has 0 saturated carbocycles. The van der Waals surface area contributed by atoms with Gasteiger partial charge in [0.1, 0.15) is 23.9 Å². The minimum atomic E-state index is -0.509. The number of aldehydes is 1. The van der Waals surface area contributed by atoms with Crippen LogP contribution in [0.4, 0.5) is 10.5 Å². The second-order valence-corrected chi connectivity index (χ2v) is 11.2. The van der Waals surface area contributed by atoms with Crippen molar-refractivity contribution in [3.63, 3.8) is 0 Å². The molecule has 9 nitrogen and oxygen atoms in total. The second-order valence-electron chi connectivity index (χ2n) is 10.8. The van der Waals surface area contributed by atoms with Crippen LogP contribution in [0.5, 0.6) is 0 Å². The van der Waals surface area contributed by atoms with Gasteiger partial charge in [0.15, 0.2) is 0 Å². The van der Waals surface area contributed by atoms with Gasteiger partial charge in [-0.25, -0.2) is 9.79 Å². The molecule has 38 heavy (non-hydrogen) atoms. The Bertz CT molecular complexity index is 1020. The summed E-state index contributed by atoms with van der Waals surface area (Å²) in [6, 6.07) is 7.65. The topological polar surface area (TPSA) is 98.6 Å². The van der Waals surface area contributed by atoms with Crippen molar-refractivity contribution in [2.24, 2.45) is 16.0 Å². The summed E-state index contributed by atoms with van der Waals surface area (Å²) >= 11 is 6.19. The Balaban J connectivity index is 1.70. The molecule has 1 amide bonds. The van der Waals surface area contributed by atoms with E-state index in [1.165, 1.54) is 0 Å². The number of amides is 1. The monoisotopic (exact) mass is 544 g/mol. The van der Waals surface area contributed by atoms with Crippen molar-refractivity contribution < 1.29 is 14.3 Å². The van der Waals surface area contributed by atoms with E-state index < -0.39 is 5.60 Å². The molecule has 3 rings (SSSR count). The highest BCUT2D eigenvalue weighted by Crippen LogP contribution is 2.19.